The average molecular weight is 268 g/mol. The van der Waals surface area contributed by atoms with E-state index in [4.69, 9.17) is 16.3 Å². The van der Waals surface area contributed by atoms with E-state index in [0.29, 0.717) is 22.9 Å². The maximum atomic E-state index is 10.8. The van der Waals surface area contributed by atoms with Crippen LogP contribution in [-0.2, 0) is 0 Å². The first-order chi connectivity index (χ1) is 8.81. The SMILES string of the molecule is O=Cc1cccc(OCCN2CCCCC2)c1Cl. The fourth-order valence-electron chi connectivity index (χ4n) is 2.20. The van der Waals surface area contributed by atoms with Gasteiger partial charge in [0.05, 0.1) is 5.02 Å². The molecule has 0 unspecified atom stereocenters. The zero-order valence-corrected chi connectivity index (χ0v) is 11.2. The van der Waals surface area contributed by atoms with Crippen molar-refractivity contribution in [2.24, 2.45) is 0 Å². The van der Waals surface area contributed by atoms with Gasteiger partial charge in [0, 0.05) is 12.1 Å². The molecule has 18 heavy (non-hydrogen) atoms. The minimum atomic E-state index is 0.408. The van der Waals surface area contributed by atoms with E-state index in [1.807, 2.05) is 0 Å². The van der Waals surface area contributed by atoms with Gasteiger partial charge in [-0.25, -0.2) is 0 Å². The third kappa shape index (κ3) is 3.47. The van der Waals surface area contributed by atoms with Crippen LogP contribution in [0.1, 0.15) is 29.6 Å². The van der Waals surface area contributed by atoms with Crippen molar-refractivity contribution >= 4 is 17.9 Å². The molecule has 1 aliphatic rings. The van der Waals surface area contributed by atoms with Gasteiger partial charge in [-0.15, -0.1) is 0 Å². The van der Waals surface area contributed by atoms with Crippen LogP contribution in [-0.4, -0.2) is 37.4 Å². The van der Waals surface area contributed by atoms with Crippen molar-refractivity contribution in [2.45, 2.75) is 19.3 Å². The molecular weight excluding hydrogens is 250 g/mol. The van der Waals surface area contributed by atoms with Crippen LogP contribution in [0.2, 0.25) is 5.02 Å². The summed E-state index contributed by atoms with van der Waals surface area (Å²) in [6.45, 7) is 3.85. The molecule has 1 aromatic rings. The van der Waals surface area contributed by atoms with E-state index < -0.39 is 0 Å². The molecule has 0 bridgehead atoms. The van der Waals surface area contributed by atoms with Crippen LogP contribution in [0.15, 0.2) is 18.2 Å². The van der Waals surface area contributed by atoms with E-state index in [1.54, 1.807) is 18.2 Å². The number of carbonyl (C=O) groups is 1. The Labute approximate surface area is 113 Å². The largest absolute Gasteiger partial charge is 0.491 e. The quantitative estimate of drug-likeness (QED) is 0.768. The van der Waals surface area contributed by atoms with Crippen LogP contribution in [0.4, 0.5) is 0 Å². The van der Waals surface area contributed by atoms with Crippen LogP contribution in [0.25, 0.3) is 0 Å². The van der Waals surface area contributed by atoms with Gasteiger partial charge in [-0.05, 0) is 38.1 Å². The smallest absolute Gasteiger partial charge is 0.151 e. The van der Waals surface area contributed by atoms with Crippen LogP contribution in [0, 0.1) is 0 Å². The minimum Gasteiger partial charge on any atom is -0.491 e. The van der Waals surface area contributed by atoms with Gasteiger partial charge in [-0.2, -0.15) is 0 Å². The van der Waals surface area contributed by atoms with E-state index in [-0.39, 0.29) is 0 Å². The summed E-state index contributed by atoms with van der Waals surface area (Å²) in [5.41, 5.74) is 0.479. The van der Waals surface area contributed by atoms with Gasteiger partial charge in [-0.1, -0.05) is 24.1 Å². The van der Waals surface area contributed by atoms with Crippen molar-refractivity contribution in [3.8, 4) is 5.75 Å². The normalized spacial score (nSPS) is 16.5. The number of carbonyl (C=O) groups excluding carboxylic acids is 1. The number of nitrogens with zero attached hydrogens (tertiary/aromatic N) is 1. The number of piperidine rings is 1. The lowest BCUT2D eigenvalue weighted by molar-refractivity contribution is 0.112. The highest BCUT2D eigenvalue weighted by Crippen LogP contribution is 2.26. The molecule has 1 aliphatic heterocycles. The summed E-state index contributed by atoms with van der Waals surface area (Å²) in [4.78, 5) is 13.2. The molecule has 1 aromatic carbocycles. The topological polar surface area (TPSA) is 29.5 Å². The molecule has 0 radical (unpaired) electrons. The molecule has 4 heteroatoms. The highest BCUT2D eigenvalue weighted by molar-refractivity contribution is 6.34. The van der Waals surface area contributed by atoms with Crippen molar-refractivity contribution in [1.29, 1.82) is 0 Å². The Balaban J connectivity index is 1.84. The fourth-order valence-corrected chi connectivity index (χ4v) is 2.42. The van der Waals surface area contributed by atoms with Crippen molar-refractivity contribution in [1.82, 2.24) is 4.90 Å². The second-order valence-corrected chi connectivity index (χ2v) is 4.91. The first-order valence-electron chi connectivity index (χ1n) is 6.40. The zero-order chi connectivity index (χ0) is 12.8. The summed E-state index contributed by atoms with van der Waals surface area (Å²) in [7, 11) is 0. The van der Waals surface area contributed by atoms with E-state index in [1.165, 1.54) is 19.3 Å². The maximum Gasteiger partial charge on any atom is 0.151 e. The zero-order valence-electron chi connectivity index (χ0n) is 10.4. The number of ether oxygens (including phenoxy) is 1. The molecule has 2 rings (SSSR count). The van der Waals surface area contributed by atoms with Gasteiger partial charge in [0.1, 0.15) is 12.4 Å². The van der Waals surface area contributed by atoms with Crippen LogP contribution >= 0.6 is 11.6 Å². The number of hydrogen-bond acceptors (Lipinski definition) is 3. The molecule has 1 saturated heterocycles. The van der Waals surface area contributed by atoms with Crippen LogP contribution in [0.3, 0.4) is 0 Å². The fraction of sp³-hybridized carbons (Fsp3) is 0.500. The Morgan fingerprint density at radius 1 is 1.28 bits per heavy atom. The predicted molar refractivity (Wildman–Crippen MR) is 72.6 cm³/mol. The lowest BCUT2D eigenvalue weighted by atomic mass is 10.1. The summed E-state index contributed by atoms with van der Waals surface area (Å²) in [5.74, 6) is 0.596. The Morgan fingerprint density at radius 2 is 2.06 bits per heavy atom. The second kappa shape index (κ2) is 6.76. The highest BCUT2D eigenvalue weighted by atomic mass is 35.5. The molecule has 0 aliphatic carbocycles. The number of rotatable bonds is 5. The van der Waals surface area contributed by atoms with Crippen molar-refractivity contribution < 1.29 is 9.53 Å². The van der Waals surface area contributed by atoms with Gasteiger partial charge in [0.2, 0.25) is 0 Å². The molecule has 0 amide bonds. The molecule has 1 heterocycles. The minimum absolute atomic E-state index is 0.408. The Morgan fingerprint density at radius 3 is 2.78 bits per heavy atom. The number of hydrogen-bond donors (Lipinski definition) is 0. The summed E-state index contributed by atoms with van der Waals surface area (Å²) in [6.07, 6.45) is 4.65. The Bertz CT molecular complexity index is 403. The maximum absolute atomic E-state index is 10.8. The van der Waals surface area contributed by atoms with Crippen molar-refractivity contribution in [3.63, 3.8) is 0 Å². The number of likely N-dealkylation sites (tertiary alicyclic amines) is 1. The molecule has 0 spiro atoms. The van der Waals surface area contributed by atoms with Gasteiger partial charge in [0.25, 0.3) is 0 Å². The number of benzene rings is 1. The first-order valence-corrected chi connectivity index (χ1v) is 6.78. The lowest BCUT2D eigenvalue weighted by Crippen LogP contribution is -2.33. The van der Waals surface area contributed by atoms with Crippen molar-refractivity contribution in [3.05, 3.63) is 28.8 Å². The molecule has 0 aromatic heterocycles. The van der Waals surface area contributed by atoms with E-state index in [2.05, 4.69) is 4.90 Å². The summed E-state index contributed by atoms with van der Waals surface area (Å²) in [6, 6.07) is 5.27. The summed E-state index contributed by atoms with van der Waals surface area (Å²) < 4.78 is 5.65. The predicted octanol–water partition coefficient (Wildman–Crippen LogP) is 3.02. The summed E-state index contributed by atoms with van der Waals surface area (Å²) >= 11 is 6.06. The van der Waals surface area contributed by atoms with E-state index in [9.17, 15) is 4.79 Å². The lowest BCUT2D eigenvalue weighted by Gasteiger charge is -2.26. The average Bonchev–Trinajstić information content (AvgIpc) is 2.42. The molecule has 3 nitrogen and oxygen atoms in total. The van der Waals surface area contributed by atoms with Crippen LogP contribution in [0.5, 0.6) is 5.75 Å². The molecular formula is C14H18ClNO2. The highest BCUT2D eigenvalue weighted by Gasteiger charge is 2.11. The first kappa shape index (κ1) is 13.4. The van der Waals surface area contributed by atoms with Gasteiger partial charge >= 0.3 is 0 Å². The monoisotopic (exact) mass is 267 g/mol. The third-order valence-corrected chi connectivity index (χ3v) is 3.64. The summed E-state index contributed by atoms with van der Waals surface area (Å²) in [5, 5.41) is 0.408. The molecule has 0 atom stereocenters. The standard InChI is InChI=1S/C14H18ClNO2/c15-14-12(11-17)5-4-6-13(14)18-10-9-16-7-2-1-3-8-16/h4-6,11H,1-3,7-10H2. The van der Waals surface area contributed by atoms with Gasteiger partial charge in [0.15, 0.2) is 6.29 Å². The Kier molecular flexibility index (Phi) is 5.02. The molecule has 0 saturated carbocycles. The molecule has 98 valence electrons. The Hall–Kier alpha value is -1.06. The van der Waals surface area contributed by atoms with E-state index >= 15 is 0 Å². The number of halogens is 1. The third-order valence-electron chi connectivity index (χ3n) is 3.23. The van der Waals surface area contributed by atoms with Crippen molar-refractivity contribution in [2.75, 3.05) is 26.2 Å². The van der Waals surface area contributed by atoms with Gasteiger partial charge in [-0.3, -0.25) is 9.69 Å². The second-order valence-electron chi connectivity index (χ2n) is 4.53. The van der Waals surface area contributed by atoms with Crippen LogP contribution < -0.4 is 4.74 Å². The molecule has 1 fully saturated rings. The number of aldehydes is 1. The van der Waals surface area contributed by atoms with Gasteiger partial charge < -0.3 is 4.74 Å². The van der Waals surface area contributed by atoms with E-state index in [0.717, 1.165) is 25.9 Å². The molecule has 0 N–H and O–H groups in total.